The van der Waals surface area contributed by atoms with Gasteiger partial charge in [-0.3, -0.25) is 13.9 Å². The van der Waals surface area contributed by atoms with E-state index in [1.54, 1.807) is 12.1 Å². The van der Waals surface area contributed by atoms with E-state index in [0.29, 0.717) is 17.9 Å². The highest BCUT2D eigenvalue weighted by atomic mass is 32.2. The van der Waals surface area contributed by atoms with Crippen molar-refractivity contribution in [3.63, 3.8) is 0 Å². The second-order valence-corrected chi connectivity index (χ2v) is 14.2. The second-order valence-electron chi connectivity index (χ2n) is 12.3. The number of ether oxygens (including phenoxy) is 2. The van der Waals surface area contributed by atoms with E-state index in [1.165, 1.54) is 37.3 Å². The van der Waals surface area contributed by atoms with Gasteiger partial charge in [-0.15, -0.1) is 0 Å². The highest BCUT2D eigenvalue weighted by molar-refractivity contribution is 7.92. The number of amides is 2. The molecule has 0 saturated carbocycles. The minimum atomic E-state index is -4.33. The van der Waals surface area contributed by atoms with Crippen LogP contribution in [-0.2, 0) is 32.6 Å². The van der Waals surface area contributed by atoms with Crippen molar-refractivity contribution in [2.24, 2.45) is 0 Å². The molecule has 260 valence electrons. The van der Waals surface area contributed by atoms with Gasteiger partial charge in [-0.05, 0) is 86.2 Å². The molecule has 0 heterocycles. The van der Waals surface area contributed by atoms with E-state index in [2.05, 4.69) is 5.32 Å². The summed E-state index contributed by atoms with van der Waals surface area (Å²) < 4.78 is 41.0. The number of methoxy groups -OCH3 is 2. The van der Waals surface area contributed by atoms with Crippen molar-refractivity contribution < 1.29 is 27.5 Å². The fraction of sp³-hybridized carbons (Fsp3) is 0.333. The molecule has 0 fully saturated rings. The van der Waals surface area contributed by atoms with Crippen LogP contribution in [0.3, 0.4) is 0 Å². The summed E-state index contributed by atoms with van der Waals surface area (Å²) in [4.78, 5) is 30.3. The van der Waals surface area contributed by atoms with Gasteiger partial charge in [0.15, 0.2) is 11.5 Å². The topological polar surface area (TPSA) is 105 Å². The number of sulfonamides is 1. The zero-order valence-electron chi connectivity index (χ0n) is 29.4. The minimum Gasteiger partial charge on any atom is -0.493 e. The number of rotatable bonds is 15. The van der Waals surface area contributed by atoms with Crippen LogP contribution in [0.25, 0.3) is 0 Å². The Labute approximate surface area is 290 Å². The molecule has 2 atom stereocenters. The number of benzene rings is 4. The molecule has 4 aromatic rings. The van der Waals surface area contributed by atoms with Gasteiger partial charge in [0.25, 0.3) is 10.0 Å². The molecule has 10 heteroatoms. The number of carbonyl (C=O) groups is 2. The summed E-state index contributed by atoms with van der Waals surface area (Å²) in [5.41, 5.74) is 4.68. The van der Waals surface area contributed by atoms with E-state index in [4.69, 9.17) is 9.47 Å². The van der Waals surface area contributed by atoms with Gasteiger partial charge in [-0.2, -0.15) is 0 Å². The largest absolute Gasteiger partial charge is 0.493 e. The van der Waals surface area contributed by atoms with Gasteiger partial charge >= 0.3 is 0 Å². The molecule has 0 bridgehead atoms. The molecule has 2 amide bonds. The molecule has 4 rings (SSSR count). The zero-order chi connectivity index (χ0) is 35.7. The SMILES string of the molecule is CC[C@H](C)NC(=O)[C@@H](Cc1ccccc1)N(Cc1ccccc1C)C(=O)CN(c1cc(C)cc(C)c1)S(=O)(=O)c1ccc(OC)c(OC)c1. The van der Waals surface area contributed by atoms with Gasteiger partial charge in [-0.25, -0.2) is 8.42 Å². The first-order chi connectivity index (χ1) is 23.4. The molecule has 0 radical (unpaired) electrons. The van der Waals surface area contributed by atoms with Crippen LogP contribution in [0.1, 0.15) is 48.1 Å². The van der Waals surface area contributed by atoms with Gasteiger partial charge in [-0.1, -0.05) is 67.6 Å². The van der Waals surface area contributed by atoms with Crippen molar-refractivity contribution in [2.75, 3.05) is 25.1 Å². The van der Waals surface area contributed by atoms with Gasteiger partial charge < -0.3 is 19.7 Å². The van der Waals surface area contributed by atoms with Crippen molar-refractivity contribution >= 4 is 27.5 Å². The molecular weight excluding hydrogens is 639 g/mol. The smallest absolute Gasteiger partial charge is 0.264 e. The Morgan fingerprint density at radius 3 is 2.06 bits per heavy atom. The number of nitrogens with zero attached hydrogens (tertiary/aromatic N) is 2. The Morgan fingerprint density at radius 2 is 1.45 bits per heavy atom. The van der Waals surface area contributed by atoms with E-state index in [-0.39, 0.29) is 35.6 Å². The van der Waals surface area contributed by atoms with Crippen molar-refractivity contribution in [3.8, 4) is 11.5 Å². The molecule has 49 heavy (non-hydrogen) atoms. The zero-order valence-corrected chi connectivity index (χ0v) is 30.2. The summed E-state index contributed by atoms with van der Waals surface area (Å²) in [6, 6.07) is 25.9. The van der Waals surface area contributed by atoms with Crippen molar-refractivity contribution in [1.82, 2.24) is 10.2 Å². The standard InChI is InChI=1S/C39H47N3O6S/c1-8-30(5)40-39(44)35(23-31-15-10-9-11-16-31)41(25-32-17-13-12-14-29(32)4)38(43)26-42(33-21-27(2)20-28(3)22-33)49(45,46)34-18-19-36(47-6)37(24-34)48-7/h9-22,24,30,35H,8,23,25-26H2,1-7H3,(H,40,44)/t30-,35+/m0/s1. The fourth-order valence-electron chi connectivity index (χ4n) is 5.69. The lowest BCUT2D eigenvalue weighted by Crippen LogP contribution is -2.54. The number of aryl methyl sites for hydroxylation is 3. The van der Waals surface area contributed by atoms with Crippen LogP contribution in [0.15, 0.2) is 95.9 Å². The quantitative estimate of drug-likeness (QED) is 0.156. The summed E-state index contributed by atoms with van der Waals surface area (Å²) in [7, 11) is -1.43. The predicted molar refractivity (Wildman–Crippen MR) is 194 cm³/mol. The van der Waals surface area contributed by atoms with Crippen LogP contribution in [0.5, 0.6) is 11.5 Å². The van der Waals surface area contributed by atoms with E-state index in [9.17, 15) is 18.0 Å². The lowest BCUT2D eigenvalue weighted by molar-refractivity contribution is -0.140. The molecular formula is C39H47N3O6S. The normalized spacial score (nSPS) is 12.5. The average Bonchev–Trinajstić information content (AvgIpc) is 3.08. The van der Waals surface area contributed by atoms with Crippen molar-refractivity contribution in [1.29, 1.82) is 0 Å². The lowest BCUT2D eigenvalue weighted by Gasteiger charge is -2.34. The summed E-state index contributed by atoms with van der Waals surface area (Å²) in [6.45, 7) is 9.16. The Morgan fingerprint density at radius 1 is 0.816 bits per heavy atom. The van der Waals surface area contributed by atoms with Crippen LogP contribution in [0.4, 0.5) is 5.69 Å². The maximum absolute atomic E-state index is 14.8. The van der Waals surface area contributed by atoms with E-state index in [1.807, 2.05) is 95.3 Å². The molecule has 0 aromatic heterocycles. The molecule has 0 aliphatic heterocycles. The predicted octanol–water partition coefficient (Wildman–Crippen LogP) is 6.38. The summed E-state index contributed by atoms with van der Waals surface area (Å²) in [5, 5.41) is 3.07. The third-order valence-corrected chi connectivity index (χ3v) is 10.4. The number of carbonyl (C=O) groups excluding carboxylic acids is 2. The molecule has 1 N–H and O–H groups in total. The third-order valence-electron chi connectivity index (χ3n) is 8.59. The first-order valence-electron chi connectivity index (χ1n) is 16.4. The third kappa shape index (κ3) is 9.20. The Kier molecular flexibility index (Phi) is 12.5. The maximum atomic E-state index is 14.8. The van der Waals surface area contributed by atoms with Crippen LogP contribution < -0.4 is 19.1 Å². The molecule has 9 nitrogen and oxygen atoms in total. The van der Waals surface area contributed by atoms with Crippen LogP contribution in [0, 0.1) is 20.8 Å². The number of hydrogen-bond acceptors (Lipinski definition) is 6. The Bertz CT molecular complexity index is 1840. The number of hydrogen-bond donors (Lipinski definition) is 1. The second kappa shape index (κ2) is 16.5. The lowest BCUT2D eigenvalue weighted by atomic mass is 10.0. The molecule has 0 saturated heterocycles. The molecule has 0 aliphatic carbocycles. The molecule has 0 aliphatic rings. The molecule has 0 unspecified atom stereocenters. The Balaban J connectivity index is 1.87. The maximum Gasteiger partial charge on any atom is 0.264 e. The highest BCUT2D eigenvalue weighted by Gasteiger charge is 2.35. The van der Waals surface area contributed by atoms with E-state index >= 15 is 0 Å². The summed E-state index contributed by atoms with van der Waals surface area (Å²) >= 11 is 0. The monoisotopic (exact) mass is 685 g/mol. The Hall–Kier alpha value is -4.83. The van der Waals surface area contributed by atoms with Crippen molar-refractivity contribution in [3.05, 3.63) is 119 Å². The average molecular weight is 686 g/mol. The highest BCUT2D eigenvalue weighted by Crippen LogP contribution is 2.33. The van der Waals surface area contributed by atoms with E-state index in [0.717, 1.165) is 32.1 Å². The fourth-order valence-corrected chi connectivity index (χ4v) is 7.11. The van der Waals surface area contributed by atoms with E-state index < -0.39 is 28.5 Å². The number of nitrogens with one attached hydrogen (secondary N) is 1. The number of anilines is 1. The minimum absolute atomic E-state index is 0.0714. The van der Waals surface area contributed by atoms with Crippen LogP contribution in [-0.4, -0.2) is 58.0 Å². The summed E-state index contributed by atoms with van der Waals surface area (Å²) in [5.74, 6) is -0.218. The molecule has 0 spiro atoms. The van der Waals surface area contributed by atoms with Crippen LogP contribution in [0.2, 0.25) is 0 Å². The van der Waals surface area contributed by atoms with Gasteiger partial charge in [0.2, 0.25) is 11.8 Å². The van der Waals surface area contributed by atoms with Gasteiger partial charge in [0.05, 0.1) is 24.8 Å². The van der Waals surface area contributed by atoms with Gasteiger partial charge in [0, 0.05) is 25.1 Å². The van der Waals surface area contributed by atoms with Crippen LogP contribution >= 0.6 is 0 Å². The summed E-state index contributed by atoms with van der Waals surface area (Å²) in [6.07, 6.45) is 0.951. The first-order valence-corrected chi connectivity index (χ1v) is 17.8. The van der Waals surface area contributed by atoms with Gasteiger partial charge in [0.1, 0.15) is 12.6 Å². The van der Waals surface area contributed by atoms with Crippen molar-refractivity contribution in [2.45, 2.75) is 71.0 Å². The first kappa shape index (κ1) is 37.0. The molecule has 4 aromatic carbocycles.